The van der Waals surface area contributed by atoms with E-state index in [-0.39, 0.29) is 0 Å². The van der Waals surface area contributed by atoms with Crippen molar-refractivity contribution in [1.29, 1.82) is 0 Å². The number of carboxylic acid groups (broad SMARTS) is 1. The smallest absolute Gasteiger partial charge is 0.303 e. The normalized spacial score (nSPS) is 10.9. The molecule has 0 aliphatic heterocycles. The summed E-state index contributed by atoms with van der Waals surface area (Å²) in [5.41, 5.74) is 0. The van der Waals surface area contributed by atoms with Crippen molar-refractivity contribution >= 4 is 5.97 Å². The van der Waals surface area contributed by atoms with E-state index >= 15 is 0 Å². The largest absolute Gasteiger partial charge is 0.481 e. The Morgan fingerprint density at radius 3 is 0.833 bits per heavy atom. The summed E-state index contributed by atoms with van der Waals surface area (Å²) in [6.07, 6.45) is 35.3. The highest BCUT2D eigenvalue weighted by molar-refractivity contribution is 5.66. The highest BCUT2D eigenvalue weighted by atomic mass is 16.4. The Balaban J connectivity index is 0. The van der Waals surface area contributed by atoms with E-state index in [1.54, 1.807) is 0 Å². The first-order valence-electron chi connectivity index (χ1n) is 16.1. The third-order valence-electron chi connectivity index (χ3n) is 7.06. The van der Waals surface area contributed by atoms with Gasteiger partial charge in [0.1, 0.15) is 0 Å². The highest BCUT2D eigenvalue weighted by Crippen LogP contribution is 2.14. The van der Waals surface area contributed by atoms with Gasteiger partial charge in [0.2, 0.25) is 0 Å². The van der Waals surface area contributed by atoms with Crippen molar-refractivity contribution in [3.05, 3.63) is 0 Å². The van der Waals surface area contributed by atoms with Crippen LogP contribution in [0.5, 0.6) is 0 Å². The predicted octanol–water partition coefficient (Wildman–Crippen LogP) is 9.98. The quantitative estimate of drug-likeness (QED) is 0.0868. The lowest BCUT2D eigenvalue weighted by atomic mass is 10.0. The maximum atomic E-state index is 10.3. The fourth-order valence-corrected chi connectivity index (χ4v) is 4.64. The van der Waals surface area contributed by atoms with Gasteiger partial charge in [0, 0.05) is 19.6 Å². The Bertz CT molecular complexity index is 370. The van der Waals surface area contributed by atoms with Crippen LogP contribution in [0.1, 0.15) is 187 Å². The molecule has 0 unspecified atom stereocenters. The van der Waals surface area contributed by atoms with Crippen molar-refractivity contribution in [2.45, 2.75) is 187 Å². The zero-order valence-corrected chi connectivity index (χ0v) is 24.5. The van der Waals surface area contributed by atoms with Crippen LogP contribution in [0.25, 0.3) is 0 Å². The summed E-state index contributed by atoms with van der Waals surface area (Å²) in [6.45, 7) is 2.98. The number of hydrogen-bond donors (Lipinski definition) is 3. The van der Waals surface area contributed by atoms with Crippen LogP contribution in [0.15, 0.2) is 0 Å². The Hall–Kier alpha value is -0.610. The Kier molecular flexibility index (Phi) is 38.1. The van der Waals surface area contributed by atoms with E-state index in [1.807, 2.05) is 0 Å². The number of carbonyl (C=O) groups is 1. The number of rotatable bonds is 29. The molecule has 0 amide bonds. The summed E-state index contributed by atoms with van der Waals surface area (Å²) >= 11 is 0. The number of unbranched alkanes of at least 4 members (excludes halogenated alkanes) is 25. The molecule has 0 saturated heterocycles. The Labute approximate surface area is 226 Å². The van der Waals surface area contributed by atoms with Crippen molar-refractivity contribution < 1.29 is 20.1 Å². The minimum Gasteiger partial charge on any atom is -0.481 e. The van der Waals surface area contributed by atoms with E-state index in [0.29, 0.717) is 19.6 Å². The van der Waals surface area contributed by atoms with Crippen LogP contribution < -0.4 is 0 Å². The molecule has 36 heavy (non-hydrogen) atoms. The molecule has 3 N–H and O–H groups in total. The van der Waals surface area contributed by atoms with Gasteiger partial charge in [0.15, 0.2) is 0 Å². The summed E-state index contributed by atoms with van der Waals surface area (Å²) < 4.78 is 0. The molecule has 4 heteroatoms. The van der Waals surface area contributed by atoms with Crippen molar-refractivity contribution in [3.8, 4) is 0 Å². The van der Waals surface area contributed by atoms with Gasteiger partial charge in [0.05, 0.1) is 0 Å². The van der Waals surface area contributed by atoms with Gasteiger partial charge in [-0.15, -0.1) is 0 Å². The third kappa shape index (κ3) is 40.6. The monoisotopic (exact) mass is 514 g/mol. The van der Waals surface area contributed by atoms with E-state index in [2.05, 4.69) is 6.92 Å². The van der Waals surface area contributed by atoms with Crippen molar-refractivity contribution in [2.24, 2.45) is 0 Å². The van der Waals surface area contributed by atoms with Gasteiger partial charge in [-0.05, 0) is 19.3 Å². The van der Waals surface area contributed by atoms with Crippen LogP contribution >= 0.6 is 0 Å². The molecule has 0 atom stereocenters. The number of aliphatic carboxylic acids is 1. The summed E-state index contributed by atoms with van der Waals surface area (Å²) in [7, 11) is 0. The SMILES string of the molecule is CCCCCCCCCCCCCCCC(=O)O.OCCCCCCCCCCCCCCCCO. The standard InChI is InChI=1S/C16H32O2.C16H34O2/c1-2-3-4-5-6-7-8-9-10-11-12-13-14-15-16(17)18;17-15-13-11-9-7-5-3-1-2-4-6-8-10-12-14-16-18/h2-15H2,1H3,(H,17,18);17-18H,1-16H2. The highest BCUT2D eigenvalue weighted by Gasteiger charge is 1.97. The van der Waals surface area contributed by atoms with Crippen LogP contribution in [0.3, 0.4) is 0 Å². The zero-order chi connectivity index (χ0) is 26.8. The molecule has 0 heterocycles. The summed E-state index contributed by atoms with van der Waals surface area (Å²) in [5.74, 6) is -0.655. The first-order valence-corrected chi connectivity index (χ1v) is 16.1. The molecule has 0 rings (SSSR count). The second kappa shape index (κ2) is 36.5. The Morgan fingerprint density at radius 2 is 0.611 bits per heavy atom. The van der Waals surface area contributed by atoms with E-state index < -0.39 is 5.97 Å². The van der Waals surface area contributed by atoms with E-state index in [9.17, 15) is 4.79 Å². The van der Waals surface area contributed by atoms with E-state index in [0.717, 1.165) is 25.7 Å². The van der Waals surface area contributed by atoms with Crippen molar-refractivity contribution in [3.63, 3.8) is 0 Å². The minimum absolute atomic E-state index is 0.345. The fourth-order valence-electron chi connectivity index (χ4n) is 4.64. The van der Waals surface area contributed by atoms with Gasteiger partial charge >= 0.3 is 5.97 Å². The lowest BCUT2D eigenvalue weighted by molar-refractivity contribution is -0.137. The van der Waals surface area contributed by atoms with Crippen LogP contribution in [0, 0.1) is 0 Å². The molecule has 0 radical (unpaired) electrons. The maximum absolute atomic E-state index is 10.3. The summed E-state index contributed by atoms with van der Waals surface area (Å²) in [6, 6.07) is 0. The Morgan fingerprint density at radius 1 is 0.389 bits per heavy atom. The fraction of sp³-hybridized carbons (Fsp3) is 0.969. The van der Waals surface area contributed by atoms with Crippen LogP contribution in [0.4, 0.5) is 0 Å². The van der Waals surface area contributed by atoms with E-state index in [4.69, 9.17) is 15.3 Å². The first kappa shape index (κ1) is 37.5. The van der Waals surface area contributed by atoms with Crippen LogP contribution in [0.2, 0.25) is 0 Å². The van der Waals surface area contributed by atoms with E-state index in [1.165, 1.54) is 148 Å². The molecule has 0 bridgehead atoms. The number of carboxylic acids is 1. The molecule has 218 valence electrons. The molecule has 0 aliphatic rings. The van der Waals surface area contributed by atoms with Crippen LogP contribution in [-0.2, 0) is 4.79 Å². The average Bonchev–Trinajstić information content (AvgIpc) is 2.87. The van der Waals surface area contributed by atoms with Gasteiger partial charge < -0.3 is 15.3 Å². The first-order chi connectivity index (χ1) is 17.7. The van der Waals surface area contributed by atoms with Gasteiger partial charge in [-0.25, -0.2) is 0 Å². The van der Waals surface area contributed by atoms with Crippen LogP contribution in [-0.4, -0.2) is 34.5 Å². The van der Waals surface area contributed by atoms with Gasteiger partial charge in [-0.1, -0.05) is 161 Å². The average molecular weight is 515 g/mol. The number of aliphatic hydroxyl groups excluding tert-OH is 2. The molecular formula is C32H66O4. The molecule has 0 saturated carbocycles. The molecule has 0 spiro atoms. The summed E-state index contributed by atoms with van der Waals surface area (Å²) in [5, 5.41) is 25.8. The topological polar surface area (TPSA) is 77.8 Å². The van der Waals surface area contributed by atoms with Crippen molar-refractivity contribution in [2.75, 3.05) is 13.2 Å². The lowest BCUT2D eigenvalue weighted by Crippen LogP contribution is -1.93. The molecule has 0 aliphatic carbocycles. The molecule has 0 aromatic rings. The van der Waals surface area contributed by atoms with Crippen molar-refractivity contribution in [1.82, 2.24) is 0 Å². The second-order valence-corrected chi connectivity index (χ2v) is 10.8. The number of hydrogen-bond acceptors (Lipinski definition) is 3. The lowest BCUT2D eigenvalue weighted by Gasteiger charge is -2.02. The van der Waals surface area contributed by atoms with Gasteiger partial charge in [-0.2, -0.15) is 0 Å². The molecule has 0 fully saturated rings. The predicted molar refractivity (Wildman–Crippen MR) is 157 cm³/mol. The zero-order valence-electron chi connectivity index (χ0n) is 24.5. The van der Waals surface area contributed by atoms with Gasteiger partial charge in [0.25, 0.3) is 0 Å². The summed E-state index contributed by atoms with van der Waals surface area (Å²) in [4.78, 5) is 10.3. The minimum atomic E-state index is -0.655. The molecule has 4 nitrogen and oxygen atoms in total. The number of aliphatic hydroxyl groups is 2. The third-order valence-corrected chi connectivity index (χ3v) is 7.06. The molecule has 0 aromatic carbocycles. The van der Waals surface area contributed by atoms with Gasteiger partial charge in [-0.3, -0.25) is 4.79 Å². The second-order valence-electron chi connectivity index (χ2n) is 10.8. The molecular weight excluding hydrogens is 448 g/mol. The molecule has 0 aromatic heterocycles. The maximum Gasteiger partial charge on any atom is 0.303 e.